The highest BCUT2D eigenvalue weighted by Gasteiger charge is 2.14. The van der Waals surface area contributed by atoms with Gasteiger partial charge in [-0.15, -0.1) is 0 Å². The topological polar surface area (TPSA) is 103 Å². The third kappa shape index (κ3) is 3.81. The molecule has 0 saturated heterocycles. The number of carbonyl (C=O) groups excluding carboxylic acids is 1. The van der Waals surface area contributed by atoms with Crippen LogP contribution in [0.4, 0.5) is 11.4 Å². The van der Waals surface area contributed by atoms with Crippen LogP contribution in [0.1, 0.15) is 5.56 Å². The number of non-ortho nitro benzene ring substituents is 1. The summed E-state index contributed by atoms with van der Waals surface area (Å²) in [5.74, 6) is -0.0576. The Morgan fingerprint density at radius 2 is 2.00 bits per heavy atom. The van der Waals surface area contributed by atoms with Crippen LogP contribution in [0.2, 0.25) is 5.02 Å². The average molecular weight is 402 g/mol. The number of nitro benzene ring substituents is 1. The number of nitrogens with zero attached hydrogens (tertiary/aromatic N) is 2. The number of fused-ring (bicyclic) bond motifs is 1. The summed E-state index contributed by atoms with van der Waals surface area (Å²) in [6.45, 7) is 1.53. The number of pyridine rings is 1. The Balaban J connectivity index is 1.93. The monoisotopic (exact) mass is 401 g/mol. The Bertz CT molecular complexity index is 1160. The van der Waals surface area contributed by atoms with Crippen LogP contribution < -0.4 is 15.6 Å². The summed E-state index contributed by atoms with van der Waals surface area (Å²) in [5.41, 5.74) is 1.12. The lowest BCUT2D eigenvalue weighted by Gasteiger charge is -2.14. The summed E-state index contributed by atoms with van der Waals surface area (Å²) in [7, 11) is 1.46. The molecule has 28 heavy (non-hydrogen) atoms. The first kappa shape index (κ1) is 19.4. The van der Waals surface area contributed by atoms with E-state index < -0.39 is 16.4 Å². The molecule has 0 radical (unpaired) electrons. The maximum absolute atomic E-state index is 12.5. The van der Waals surface area contributed by atoms with E-state index in [0.717, 1.165) is 5.56 Å². The van der Waals surface area contributed by atoms with Crippen LogP contribution in [0, 0.1) is 17.0 Å². The molecular weight excluding hydrogens is 386 g/mol. The zero-order valence-corrected chi connectivity index (χ0v) is 15.8. The van der Waals surface area contributed by atoms with E-state index in [4.69, 9.17) is 16.3 Å². The summed E-state index contributed by atoms with van der Waals surface area (Å²) in [4.78, 5) is 35.2. The molecule has 0 atom stereocenters. The molecule has 0 saturated carbocycles. The zero-order valence-electron chi connectivity index (χ0n) is 15.1. The first-order valence-electron chi connectivity index (χ1n) is 8.22. The van der Waals surface area contributed by atoms with E-state index in [-0.39, 0.29) is 12.2 Å². The molecule has 0 fully saturated rings. The third-order valence-electron chi connectivity index (χ3n) is 4.24. The van der Waals surface area contributed by atoms with Crippen molar-refractivity contribution in [2.24, 2.45) is 0 Å². The number of rotatable bonds is 5. The van der Waals surface area contributed by atoms with Crippen LogP contribution in [0.15, 0.2) is 47.3 Å². The van der Waals surface area contributed by atoms with Crippen molar-refractivity contribution in [3.63, 3.8) is 0 Å². The molecule has 1 N–H and O–H groups in total. The van der Waals surface area contributed by atoms with E-state index in [1.165, 1.54) is 42.0 Å². The average Bonchev–Trinajstić information content (AvgIpc) is 2.66. The van der Waals surface area contributed by atoms with Crippen molar-refractivity contribution >= 4 is 39.8 Å². The van der Waals surface area contributed by atoms with Crippen LogP contribution in [-0.2, 0) is 11.3 Å². The largest absolute Gasteiger partial charge is 0.495 e. The number of anilines is 1. The second kappa shape index (κ2) is 7.69. The van der Waals surface area contributed by atoms with Gasteiger partial charge in [-0.1, -0.05) is 11.6 Å². The van der Waals surface area contributed by atoms with Gasteiger partial charge in [-0.05, 0) is 30.7 Å². The fourth-order valence-electron chi connectivity index (χ4n) is 2.83. The molecule has 0 spiro atoms. The molecule has 0 aliphatic carbocycles. The van der Waals surface area contributed by atoms with E-state index in [2.05, 4.69) is 5.32 Å². The van der Waals surface area contributed by atoms with Crippen molar-refractivity contribution in [2.45, 2.75) is 13.5 Å². The lowest BCUT2D eigenvalue weighted by Crippen LogP contribution is -2.27. The minimum absolute atomic E-state index is 0.0940. The first-order chi connectivity index (χ1) is 13.3. The molecule has 144 valence electrons. The van der Waals surface area contributed by atoms with Gasteiger partial charge < -0.3 is 10.1 Å². The highest BCUT2D eigenvalue weighted by molar-refractivity contribution is 6.31. The number of nitro groups is 1. The van der Waals surface area contributed by atoms with Gasteiger partial charge in [0.2, 0.25) is 5.91 Å². The Hall–Kier alpha value is -3.39. The minimum atomic E-state index is -0.517. The van der Waals surface area contributed by atoms with Crippen LogP contribution >= 0.6 is 11.6 Å². The molecule has 3 rings (SSSR count). The van der Waals surface area contributed by atoms with Gasteiger partial charge in [-0.25, -0.2) is 0 Å². The number of nitrogens with one attached hydrogen (secondary N) is 1. The van der Waals surface area contributed by atoms with Gasteiger partial charge in [-0.2, -0.15) is 0 Å². The van der Waals surface area contributed by atoms with Crippen LogP contribution in [-0.4, -0.2) is 22.5 Å². The Kier molecular flexibility index (Phi) is 5.32. The van der Waals surface area contributed by atoms with Crippen molar-refractivity contribution in [1.82, 2.24) is 4.57 Å². The second-order valence-corrected chi connectivity index (χ2v) is 6.51. The van der Waals surface area contributed by atoms with Crippen molar-refractivity contribution in [3.8, 4) is 5.75 Å². The quantitative estimate of drug-likeness (QED) is 0.520. The smallest absolute Gasteiger partial charge is 0.270 e. The van der Waals surface area contributed by atoms with E-state index in [0.29, 0.717) is 27.4 Å². The number of hydrogen-bond donors (Lipinski definition) is 1. The van der Waals surface area contributed by atoms with Crippen molar-refractivity contribution in [2.75, 3.05) is 12.4 Å². The molecule has 1 heterocycles. The molecule has 8 nitrogen and oxygen atoms in total. The van der Waals surface area contributed by atoms with Gasteiger partial charge >= 0.3 is 0 Å². The highest BCUT2D eigenvalue weighted by Crippen LogP contribution is 2.31. The SMILES string of the molecule is COc1cc(Cl)c(C)cc1NC(=O)Cn1c(=O)ccc2cc([N+](=O)[O-])ccc21. The highest BCUT2D eigenvalue weighted by atomic mass is 35.5. The summed E-state index contributed by atoms with van der Waals surface area (Å²) < 4.78 is 6.48. The summed E-state index contributed by atoms with van der Waals surface area (Å²) in [6, 6.07) is 10.1. The molecule has 1 aromatic heterocycles. The van der Waals surface area contributed by atoms with Gasteiger partial charge in [-0.3, -0.25) is 24.3 Å². The lowest BCUT2D eigenvalue weighted by molar-refractivity contribution is -0.384. The minimum Gasteiger partial charge on any atom is -0.495 e. The van der Waals surface area contributed by atoms with E-state index in [9.17, 15) is 19.7 Å². The Labute approximate surface area is 164 Å². The number of ether oxygens (including phenoxy) is 1. The number of amides is 1. The van der Waals surface area contributed by atoms with Gasteiger partial charge in [0.1, 0.15) is 12.3 Å². The van der Waals surface area contributed by atoms with Crippen LogP contribution in [0.5, 0.6) is 5.75 Å². The van der Waals surface area contributed by atoms with Gasteiger partial charge in [0.25, 0.3) is 11.2 Å². The second-order valence-electron chi connectivity index (χ2n) is 6.11. The van der Waals surface area contributed by atoms with Crippen molar-refractivity contribution in [1.29, 1.82) is 0 Å². The van der Waals surface area contributed by atoms with Crippen LogP contribution in [0.3, 0.4) is 0 Å². The molecule has 0 unspecified atom stereocenters. The van der Waals surface area contributed by atoms with Crippen molar-refractivity contribution < 1.29 is 14.5 Å². The maximum atomic E-state index is 12.5. The number of aryl methyl sites for hydroxylation is 1. The van der Waals surface area contributed by atoms with Gasteiger partial charge in [0, 0.05) is 34.7 Å². The Morgan fingerprint density at radius 1 is 1.25 bits per heavy atom. The molecule has 1 amide bonds. The van der Waals surface area contributed by atoms with Crippen molar-refractivity contribution in [3.05, 3.63) is 73.5 Å². The van der Waals surface area contributed by atoms with Gasteiger partial charge in [0.15, 0.2) is 0 Å². The Morgan fingerprint density at radius 3 is 2.68 bits per heavy atom. The number of benzene rings is 2. The third-order valence-corrected chi connectivity index (χ3v) is 4.65. The van der Waals surface area contributed by atoms with E-state index in [1.807, 2.05) is 0 Å². The molecule has 3 aromatic rings. The number of halogens is 1. The number of carbonyl (C=O) groups is 1. The fraction of sp³-hybridized carbons (Fsp3) is 0.158. The summed E-state index contributed by atoms with van der Waals surface area (Å²) in [5, 5.41) is 14.6. The number of aromatic nitrogens is 1. The lowest BCUT2D eigenvalue weighted by atomic mass is 10.2. The molecule has 0 aliphatic heterocycles. The maximum Gasteiger partial charge on any atom is 0.270 e. The molecule has 9 heteroatoms. The molecule has 2 aromatic carbocycles. The zero-order chi connectivity index (χ0) is 20.4. The summed E-state index contributed by atoms with van der Waals surface area (Å²) >= 11 is 6.07. The van der Waals surface area contributed by atoms with Crippen LogP contribution in [0.25, 0.3) is 10.9 Å². The van der Waals surface area contributed by atoms with Gasteiger partial charge in [0.05, 0.1) is 23.2 Å². The summed E-state index contributed by atoms with van der Waals surface area (Å²) in [6.07, 6.45) is 0. The van der Waals surface area contributed by atoms with E-state index in [1.54, 1.807) is 19.1 Å². The van der Waals surface area contributed by atoms with E-state index >= 15 is 0 Å². The predicted molar refractivity (Wildman–Crippen MR) is 106 cm³/mol. The normalized spacial score (nSPS) is 10.7. The molecule has 0 aliphatic rings. The number of hydrogen-bond acceptors (Lipinski definition) is 5. The molecule has 0 bridgehead atoms. The molecular formula is C19H16ClN3O5. The first-order valence-corrected chi connectivity index (χ1v) is 8.60. The standard InChI is InChI=1S/C19H16ClN3O5/c1-11-7-15(17(28-2)9-14(11)20)21-18(24)10-22-16-5-4-13(23(26)27)8-12(16)3-6-19(22)25/h3-9H,10H2,1-2H3,(H,21,24). The predicted octanol–water partition coefficient (Wildman–Crippen LogP) is 3.52. The fourth-order valence-corrected chi connectivity index (χ4v) is 2.98. The number of methoxy groups -OCH3 is 1.